The van der Waals surface area contributed by atoms with Gasteiger partial charge in [-0.2, -0.15) is 10.4 Å². The smallest absolute Gasteiger partial charge is 0.408 e. The molecule has 4 heterocycles. The average Bonchev–Trinajstić information content (AvgIpc) is 3.23. The molecule has 0 spiro atoms. The van der Waals surface area contributed by atoms with Gasteiger partial charge < -0.3 is 25.2 Å². The molecule has 13 heteroatoms. The Balaban J connectivity index is 1.30. The molecule has 0 unspecified atom stereocenters. The first kappa shape index (κ1) is 23.0. The number of ether oxygens (including phenoxy) is 2. The van der Waals surface area contributed by atoms with E-state index < -0.39 is 24.5 Å². The van der Waals surface area contributed by atoms with Gasteiger partial charge in [-0.05, 0) is 32.6 Å². The number of aryl methyl sites for hydroxylation is 1. The molecule has 1 saturated heterocycles. The molecule has 2 aliphatic rings. The number of carbonyl (C=O) groups excluding carboxylic acids is 1. The summed E-state index contributed by atoms with van der Waals surface area (Å²) in [4.78, 5) is 20.8. The standard InChI is InChI=1S/C22H25FN8O4/c1-22(4-5-22)28-21(33)35-15-11-34-18(17(15)23)14-9-16(30-29-14)27-20-26-13(3-2-8-32)12(10-24)19-25-6-7-31(19)20/h6-7,9,15,17-18,32H,2-5,8,11H2,1H3,(H,28,33)(H2,26,27,29,30)/t15-,17+,18-/m1/s1. The predicted octanol–water partition coefficient (Wildman–Crippen LogP) is 2.05. The number of hydrogen-bond acceptors (Lipinski definition) is 9. The fraction of sp³-hybridized carbons (Fsp3) is 0.500. The number of aromatic nitrogens is 5. The molecule has 0 aromatic carbocycles. The molecule has 1 aliphatic carbocycles. The van der Waals surface area contributed by atoms with Gasteiger partial charge >= 0.3 is 6.09 Å². The van der Waals surface area contributed by atoms with Gasteiger partial charge in [-0.3, -0.25) is 9.50 Å². The fourth-order valence-electron chi connectivity index (χ4n) is 3.98. The van der Waals surface area contributed by atoms with Crippen LogP contribution in [-0.2, 0) is 15.9 Å². The summed E-state index contributed by atoms with van der Waals surface area (Å²) in [6.45, 7) is 1.80. The molecule has 3 atom stereocenters. The van der Waals surface area contributed by atoms with Crippen LogP contribution in [0.25, 0.3) is 5.65 Å². The maximum atomic E-state index is 15.0. The number of nitriles is 1. The van der Waals surface area contributed by atoms with Gasteiger partial charge in [0.05, 0.1) is 18.0 Å². The van der Waals surface area contributed by atoms with Crippen molar-refractivity contribution < 1.29 is 23.8 Å². The second kappa shape index (κ2) is 9.12. The van der Waals surface area contributed by atoms with Crippen molar-refractivity contribution in [2.75, 3.05) is 18.5 Å². The van der Waals surface area contributed by atoms with Gasteiger partial charge in [-0.1, -0.05) is 0 Å². The van der Waals surface area contributed by atoms with E-state index in [9.17, 15) is 15.2 Å². The summed E-state index contributed by atoms with van der Waals surface area (Å²) in [5.41, 5.74) is 1.37. The summed E-state index contributed by atoms with van der Waals surface area (Å²) in [7, 11) is 0. The maximum Gasteiger partial charge on any atom is 0.408 e. The van der Waals surface area contributed by atoms with Crippen LogP contribution in [0.1, 0.15) is 49.2 Å². The molecule has 4 N–H and O–H groups in total. The molecule has 12 nitrogen and oxygen atoms in total. The highest BCUT2D eigenvalue weighted by Crippen LogP contribution is 2.36. The highest BCUT2D eigenvalue weighted by Gasteiger charge is 2.44. The van der Waals surface area contributed by atoms with E-state index in [0.29, 0.717) is 47.2 Å². The topological polar surface area (TPSA) is 162 Å². The lowest BCUT2D eigenvalue weighted by Gasteiger charge is -2.17. The molecule has 2 fully saturated rings. The molecule has 1 aliphatic heterocycles. The van der Waals surface area contributed by atoms with Gasteiger partial charge in [0, 0.05) is 30.6 Å². The predicted molar refractivity (Wildman–Crippen MR) is 120 cm³/mol. The number of aliphatic hydroxyl groups excluding tert-OH is 1. The Hall–Kier alpha value is -3.76. The summed E-state index contributed by atoms with van der Waals surface area (Å²) >= 11 is 0. The maximum absolute atomic E-state index is 15.0. The second-order valence-corrected chi connectivity index (χ2v) is 8.98. The van der Waals surface area contributed by atoms with Crippen molar-refractivity contribution in [3.05, 3.63) is 35.4 Å². The number of fused-ring (bicyclic) bond motifs is 1. The molecule has 1 amide bonds. The zero-order chi connectivity index (χ0) is 24.6. The van der Waals surface area contributed by atoms with E-state index >= 15 is 4.39 Å². The van der Waals surface area contributed by atoms with Crippen LogP contribution in [0, 0.1) is 11.3 Å². The van der Waals surface area contributed by atoms with Gasteiger partial charge in [0.2, 0.25) is 5.95 Å². The van der Waals surface area contributed by atoms with Gasteiger partial charge in [0.25, 0.3) is 0 Å². The number of carbonyl (C=O) groups is 1. The first-order valence-corrected chi connectivity index (χ1v) is 11.3. The minimum absolute atomic E-state index is 0.0326. The molecule has 3 aromatic heterocycles. The lowest BCUT2D eigenvalue weighted by Crippen LogP contribution is -2.39. The van der Waals surface area contributed by atoms with Crippen LogP contribution in [0.2, 0.25) is 0 Å². The lowest BCUT2D eigenvalue weighted by atomic mass is 10.1. The van der Waals surface area contributed by atoms with Crippen molar-refractivity contribution in [3.63, 3.8) is 0 Å². The number of alkyl halides is 1. The zero-order valence-electron chi connectivity index (χ0n) is 19.0. The van der Waals surface area contributed by atoms with Gasteiger partial charge in [0.1, 0.15) is 17.7 Å². The summed E-state index contributed by atoms with van der Waals surface area (Å²) in [6.07, 6.45) is 1.57. The number of aliphatic hydroxyl groups is 1. The van der Waals surface area contributed by atoms with E-state index in [2.05, 4.69) is 36.9 Å². The number of aromatic amines is 1. The lowest BCUT2D eigenvalue weighted by molar-refractivity contribution is 0.0604. The molecule has 3 aromatic rings. The molecular weight excluding hydrogens is 459 g/mol. The Morgan fingerprint density at radius 1 is 1.51 bits per heavy atom. The number of rotatable bonds is 8. The number of imidazole rings is 1. The molecule has 184 valence electrons. The van der Waals surface area contributed by atoms with Crippen LogP contribution < -0.4 is 10.6 Å². The number of nitrogens with one attached hydrogen (secondary N) is 3. The minimum atomic E-state index is -1.57. The highest BCUT2D eigenvalue weighted by molar-refractivity contribution is 5.69. The number of nitrogens with zero attached hydrogens (tertiary/aromatic N) is 5. The SMILES string of the molecule is CC1(NC(=O)O[C@@H]2CO[C@H](c3cc(Nc4nc(CCCO)c(C#N)c5nccn45)n[nH]3)[C@H]2F)CC1. The van der Waals surface area contributed by atoms with Crippen LogP contribution >= 0.6 is 0 Å². The average molecular weight is 484 g/mol. The molecule has 5 rings (SSSR count). The van der Waals surface area contributed by atoms with Gasteiger partial charge in [-0.25, -0.2) is 19.2 Å². The van der Waals surface area contributed by atoms with E-state index in [-0.39, 0.29) is 18.8 Å². The van der Waals surface area contributed by atoms with E-state index in [1.54, 1.807) is 22.9 Å². The number of hydrogen-bond donors (Lipinski definition) is 4. The normalized spacial score (nSPS) is 22.6. The Kier molecular flexibility index (Phi) is 6.00. The Morgan fingerprint density at radius 2 is 2.34 bits per heavy atom. The molecule has 1 saturated carbocycles. The van der Waals surface area contributed by atoms with Crippen LogP contribution in [-0.4, -0.2) is 66.8 Å². The summed E-state index contributed by atoms with van der Waals surface area (Å²) in [5, 5.41) is 31.5. The summed E-state index contributed by atoms with van der Waals surface area (Å²) < 4.78 is 27.4. The first-order valence-electron chi connectivity index (χ1n) is 11.3. The number of anilines is 2. The second-order valence-electron chi connectivity index (χ2n) is 8.98. The van der Waals surface area contributed by atoms with Crippen molar-refractivity contribution in [1.82, 2.24) is 29.9 Å². The van der Waals surface area contributed by atoms with Crippen LogP contribution in [0.5, 0.6) is 0 Å². The summed E-state index contributed by atoms with van der Waals surface area (Å²) in [6, 6.07) is 3.71. The zero-order valence-corrected chi connectivity index (χ0v) is 19.0. The Labute approximate surface area is 199 Å². The molecule has 0 radical (unpaired) electrons. The quantitative estimate of drug-likeness (QED) is 0.375. The van der Waals surface area contributed by atoms with Crippen LogP contribution in [0.4, 0.5) is 21.0 Å². The highest BCUT2D eigenvalue weighted by atomic mass is 19.1. The molecule has 0 bridgehead atoms. The van der Waals surface area contributed by atoms with E-state index in [4.69, 9.17) is 9.47 Å². The fourth-order valence-corrected chi connectivity index (χ4v) is 3.98. The van der Waals surface area contributed by atoms with Crippen molar-refractivity contribution in [3.8, 4) is 6.07 Å². The molecular formula is C22H25FN8O4. The van der Waals surface area contributed by atoms with Crippen molar-refractivity contribution in [1.29, 1.82) is 5.26 Å². The number of H-pyrrole nitrogens is 1. The van der Waals surface area contributed by atoms with Crippen LogP contribution in [0.15, 0.2) is 18.5 Å². The number of halogens is 1. The third-order valence-electron chi connectivity index (χ3n) is 6.20. The third kappa shape index (κ3) is 4.62. The van der Waals surface area contributed by atoms with E-state index in [1.165, 1.54) is 0 Å². The minimum Gasteiger partial charge on any atom is -0.441 e. The van der Waals surface area contributed by atoms with Crippen molar-refractivity contribution >= 4 is 23.5 Å². The van der Waals surface area contributed by atoms with Crippen molar-refractivity contribution in [2.24, 2.45) is 0 Å². The van der Waals surface area contributed by atoms with Gasteiger partial charge in [0.15, 0.2) is 23.7 Å². The third-order valence-corrected chi connectivity index (χ3v) is 6.20. The monoisotopic (exact) mass is 484 g/mol. The van der Waals surface area contributed by atoms with E-state index in [1.807, 2.05) is 6.92 Å². The van der Waals surface area contributed by atoms with Crippen molar-refractivity contribution in [2.45, 2.75) is 56.5 Å². The Morgan fingerprint density at radius 3 is 3.09 bits per heavy atom. The van der Waals surface area contributed by atoms with Gasteiger partial charge in [-0.15, -0.1) is 0 Å². The number of amides is 1. The van der Waals surface area contributed by atoms with E-state index in [0.717, 1.165) is 12.8 Å². The summed E-state index contributed by atoms with van der Waals surface area (Å²) in [5.74, 6) is 0.706. The van der Waals surface area contributed by atoms with Crippen LogP contribution in [0.3, 0.4) is 0 Å². The number of alkyl carbamates (subject to hydrolysis) is 1. The largest absolute Gasteiger partial charge is 0.441 e. The first-order chi connectivity index (χ1) is 16.9. The molecule has 35 heavy (non-hydrogen) atoms. The Bertz CT molecular complexity index is 1280.